The molecule has 0 heterocycles. The average molecular weight is 303 g/mol. The number of hydrogen-bond donors (Lipinski definition) is 0. The Balaban J connectivity index is 2.20. The van der Waals surface area contributed by atoms with Gasteiger partial charge in [0.05, 0.1) is 0 Å². The number of hydrogen-bond acceptors (Lipinski definition) is 2. The van der Waals surface area contributed by atoms with Crippen LogP contribution >= 0.6 is 23.2 Å². The summed E-state index contributed by atoms with van der Waals surface area (Å²) in [7, 11) is 0. The maximum atomic E-state index is 12.5. The topological polar surface area (TPSA) is 34.1 Å². The van der Waals surface area contributed by atoms with Crippen LogP contribution in [0.5, 0.6) is 0 Å². The first-order valence-corrected chi connectivity index (χ1v) is 6.68. The van der Waals surface area contributed by atoms with Crippen molar-refractivity contribution in [2.75, 3.05) is 0 Å². The van der Waals surface area contributed by atoms with E-state index in [0.29, 0.717) is 26.7 Å². The molecule has 0 spiro atoms. The largest absolute Gasteiger partial charge is 0.289 e. The molecule has 0 radical (unpaired) electrons. The Morgan fingerprint density at radius 3 is 2.25 bits per heavy atom. The van der Waals surface area contributed by atoms with Crippen LogP contribution in [0.25, 0.3) is 5.57 Å². The van der Waals surface area contributed by atoms with Crippen molar-refractivity contribution >= 4 is 40.3 Å². The van der Waals surface area contributed by atoms with Gasteiger partial charge in [0.1, 0.15) is 0 Å². The Bertz CT molecular complexity index is 776. The minimum atomic E-state index is -0.218. The van der Waals surface area contributed by atoms with Crippen molar-refractivity contribution in [3.8, 4) is 0 Å². The number of Topliss-reactive ketones (excluding diaryl/α,β-unsaturated/α-hetero) is 1. The Hall–Kier alpha value is -1.90. The molecule has 0 amide bonds. The van der Waals surface area contributed by atoms with Crippen LogP contribution in [0.1, 0.15) is 26.3 Å². The van der Waals surface area contributed by atoms with Gasteiger partial charge in [-0.25, -0.2) is 0 Å². The molecule has 3 rings (SSSR count). The van der Waals surface area contributed by atoms with Crippen molar-refractivity contribution in [1.82, 2.24) is 0 Å². The minimum absolute atomic E-state index is 0.203. The van der Waals surface area contributed by atoms with E-state index in [2.05, 4.69) is 0 Å². The first kappa shape index (κ1) is 13.1. The Morgan fingerprint density at radius 2 is 1.50 bits per heavy atom. The van der Waals surface area contributed by atoms with Crippen molar-refractivity contribution in [2.24, 2.45) is 0 Å². The number of benzene rings is 2. The Morgan fingerprint density at radius 1 is 0.800 bits per heavy atom. The maximum absolute atomic E-state index is 12.5. The van der Waals surface area contributed by atoms with Crippen molar-refractivity contribution in [2.45, 2.75) is 0 Å². The third-order valence-corrected chi connectivity index (χ3v) is 3.74. The van der Waals surface area contributed by atoms with Crippen molar-refractivity contribution in [3.05, 3.63) is 75.3 Å². The fraction of sp³-hybridized carbons (Fsp3) is 0. The van der Waals surface area contributed by atoms with Crippen LogP contribution in [0.3, 0.4) is 0 Å². The van der Waals surface area contributed by atoms with Gasteiger partial charge in [0.25, 0.3) is 0 Å². The van der Waals surface area contributed by atoms with Crippen LogP contribution < -0.4 is 0 Å². The summed E-state index contributed by atoms with van der Waals surface area (Å²) in [5.41, 5.74) is 1.57. The number of carbonyl (C=O) groups is 2. The van der Waals surface area contributed by atoms with Gasteiger partial charge in [0.2, 0.25) is 0 Å². The molecule has 20 heavy (non-hydrogen) atoms. The zero-order valence-corrected chi connectivity index (χ0v) is 11.7. The van der Waals surface area contributed by atoms with E-state index in [4.69, 9.17) is 23.2 Å². The molecule has 0 aromatic heterocycles. The molecule has 1 aliphatic rings. The first-order chi connectivity index (χ1) is 9.58. The molecule has 1 aliphatic carbocycles. The highest BCUT2D eigenvalue weighted by Gasteiger charge is 2.27. The molecule has 2 aromatic carbocycles. The van der Waals surface area contributed by atoms with E-state index in [1.807, 2.05) is 0 Å². The van der Waals surface area contributed by atoms with Crippen LogP contribution in [0.2, 0.25) is 10.0 Å². The van der Waals surface area contributed by atoms with Crippen LogP contribution in [0.15, 0.2) is 48.5 Å². The summed E-state index contributed by atoms with van der Waals surface area (Å²) in [4.78, 5) is 24.6. The van der Waals surface area contributed by atoms with E-state index in [9.17, 15) is 9.59 Å². The second-order valence-electron chi connectivity index (χ2n) is 4.42. The van der Waals surface area contributed by atoms with Crippen molar-refractivity contribution in [3.63, 3.8) is 0 Å². The van der Waals surface area contributed by atoms with Crippen LogP contribution in [0.4, 0.5) is 0 Å². The van der Waals surface area contributed by atoms with Gasteiger partial charge in [0, 0.05) is 32.3 Å². The van der Waals surface area contributed by atoms with Gasteiger partial charge in [-0.3, -0.25) is 9.59 Å². The molecule has 0 unspecified atom stereocenters. The van der Waals surface area contributed by atoms with E-state index >= 15 is 0 Å². The summed E-state index contributed by atoms with van der Waals surface area (Å²) in [5.74, 6) is -0.421. The molecular formula is C16H8Cl2O2. The van der Waals surface area contributed by atoms with Gasteiger partial charge in [-0.2, -0.15) is 0 Å². The lowest BCUT2D eigenvalue weighted by atomic mass is 9.86. The van der Waals surface area contributed by atoms with Gasteiger partial charge in [0.15, 0.2) is 11.6 Å². The predicted octanol–water partition coefficient (Wildman–Crippen LogP) is 4.46. The molecule has 0 N–H and O–H groups in total. The summed E-state index contributed by atoms with van der Waals surface area (Å²) in [5, 5.41) is 0.852. The highest BCUT2D eigenvalue weighted by atomic mass is 35.5. The summed E-state index contributed by atoms with van der Waals surface area (Å²) in [6.45, 7) is 0. The Kier molecular flexibility index (Phi) is 3.20. The lowest BCUT2D eigenvalue weighted by Crippen LogP contribution is -2.16. The van der Waals surface area contributed by atoms with E-state index in [-0.39, 0.29) is 17.1 Å². The second-order valence-corrected chi connectivity index (χ2v) is 5.26. The number of rotatable bonds is 1. The number of ketones is 2. The molecule has 0 bridgehead atoms. The lowest BCUT2D eigenvalue weighted by Gasteiger charge is -2.16. The van der Waals surface area contributed by atoms with Gasteiger partial charge in [-0.05, 0) is 24.3 Å². The quantitative estimate of drug-likeness (QED) is 0.779. The summed E-state index contributed by atoms with van der Waals surface area (Å²) in [6.07, 6.45) is 1.32. The number of allylic oxidation sites excluding steroid dienone is 2. The molecule has 4 heteroatoms. The average Bonchev–Trinajstić information content (AvgIpc) is 2.46. The van der Waals surface area contributed by atoms with Gasteiger partial charge < -0.3 is 0 Å². The third-order valence-electron chi connectivity index (χ3n) is 3.18. The van der Waals surface area contributed by atoms with E-state index < -0.39 is 0 Å². The zero-order chi connectivity index (χ0) is 14.3. The van der Waals surface area contributed by atoms with Gasteiger partial charge in [-0.15, -0.1) is 0 Å². The predicted molar refractivity (Wildman–Crippen MR) is 79.5 cm³/mol. The van der Waals surface area contributed by atoms with Gasteiger partial charge >= 0.3 is 0 Å². The van der Waals surface area contributed by atoms with Crippen LogP contribution in [0, 0.1) is 0 Å². The maximum Gasteiger partial charge on any atom is 0.194 e. The molecular weight excluding hydrogens is 295 g/mol. The summed E-state index contributed by atoms with van der Waals surface area (Å²) < 4.78 is 0. The molecule has 2 aromatic rings. The van der Waals surface area contributed by atoms with E-state index in [0.717, 1.165) is 0 Å². The molecule has 0 saturated carbocycles. The highest BCUT2D eigenvalue weighted by molar-refractivity contribution is 6.42. The summed E-state index contributed by atoms with van der Waals surface area (Å²) >= 11 is 12.0. The molecule has 98 valence electrons. The van der Waals surface area contributed by atoms with E-state index in [1.165, 1.54) is 6.08 Å². The van der Waals surface area contributed by atoms with E-state index in [1.54, 1.807) is 42.5 Å². The van der Waals surface area contributed by atoms with Crippen LogP contribution in [-0.2, 0) is 0 Å². The summed E-state index contributed by atoms with van der Waals surface area (Å²) in [6, 6.07) is 11.6. The third kappa shape index (κ3) is 2.07. The van der Waals surface area contributed by atoms with Gasteiger partial charge in [-0.1, -0.05) is 47.5 Å². The standard InChI is InChI=1S/C16H8Cl2O2/c17-9-5-6-14(18)12(7-9)13-8-15(19)10-3-1-2-4-11(10)16(13)20/h1-8H. The highest BCUT2D eigenvalue weighted by Crippen LogP contribution is 2.33. The molecule has 0 atom stereocenters. The number of fused-ring (bicyclic) bond motifs is 1. The SMILES string of the molecule is O=C1C=C(c2cc(Cl)ccc2Cl)C(=O)c2ccccc21. The first-order valence-electron chi connectivity index (χ1n) is 5.93. The number of halogens is 2. The smallest absolute Gasteiger partial charge is 0.194 e. The number of carbonyl (C=O) groups excluding carboxylic acids is 2. The minimum Gasteiger partial charge on any atom is -0.289 e. The fourth-order valence-corrected chi connectivity index (χ4v) is 2.61. The van der Waals surface area contributed by atoms with Crippen LogP contribution in [-0.4, -0.2) is 11.6 Å². The fourth-order valence-electron chi connectivity index (χ4n) is 2.22. The van der Waals surface area contributed by atoms with Crippen molar-refractivity contribution < 1.29 is 9.59 Å². The molecule has 0 fully saturated rings. The molecule has 0 saturated heterocycles. The monoisotopic (exact) mass is 302 g/mol. The molecule has 2 nitrogen and oxygen atoms in total. The normalized spacial score (nSPS) is 14.0. The van der Waals surface area contributed by atoms with Crippen molar-refractivity contribution in [1.29, 1.82) is 0 Å². The second kappa shape index (κ2) is 4.89. The lowest BCUT2D eigenvalue weighted by molar-refractivity contribution is 0.100. The molecule has 0 aliphatic heterocycles. The zero-order valence-electron chi connectivity index (χ0n) is 10.2. The Labute approximate surface area is 125 Å².